The third kappa shape index (κ3) is 5.44. The summed E-state index contributed by atoms with van der Waals surface area (Å²) in [5, 5.41) is 5.99. The van der Waals surface area contributed by atoms with Gasteiger partial charge in [-0.25, -0.2) is 0 Å². The van der Waals surface area contributed by atoms with E-state index in [1.165, 1.54) is 0 Å². The highest BCUT2D eigenvalue weighted by Gasteiger charge is 2.13. The van der Waals surface area contributed by atoms with Gasteiger partial charge in [-0.2, -0.15) is 0 Å². The maximum absolute atomic E-state index is 11.2. The summed E-state index contributed by atoms with van der Waals surface area (Å²) in [7, 11) is 0. The summed E-state index contributed by atoms with van der Waals surface area (Å²) in [5.41, 5.74) is 0. The van der Waals surface area contributed by atoms with E-state index in [0.717, 1.165) is 32.8 Å². The van der Waals surface area contributed by atoms with Crippen molar-refractivity contribution in [2.45, 2.75) is 19.9 Å². The largest absolute Gasteiger partial charge is 0.379 e. The van der Waals surface area contributed by atoms with E-state index in [1.807, 2.05) is 6.92 Å². The fourth-order valence-electron chi connectivity index (χ4n) is 1.76. The number of nitrogens with one attached hydrogen (secondary N) is 2. The van der Waals surface area contributed by atoms with Gasteiger partial charge in [0.05, 0.1) is 19.8 Å². The second kappa shape index (κ2) is 7.60. The lowest BCUT2D eigenvalue weighted by Crippen LogP contribution is -2.46. The van der Waals surface area contributed by atoms with E-state index in [2.05, 4.69) is 22.5 Å². The number of likely N-dealkylation sites (N-methyl/N-ethyl adjacent to an activating group) is 1. The molecule has 5 heteroatoms. The summed E-state index contributed by atoms with van der Waals surface area (Å²) in [5.74, 6) is 0.0660. The summed E-state index contributed by atoms with van der Waals surface area (Å²) >= 11 is 0. The number of carbonyl (C=O) groups excluding carboxylic acids is 1. The molecule has 94 valence electrons. The van der Waals surface area contributed by atoms with Crippen molar-refractivity contribution >= 4 is 5.91 Å². The number of nitrogens with zero attached hydrogens (tertiary/aromatic N) is 1. The minimum absolute atomic E-state index is 0.0660. The fraction of sp³-hybridized carbons (Fsp3) is 0.909. The minimum Gasteiger partial charge on any atom is -0.379 e. The van der Waals surface area contributed by atoms with E-state index >= 15 is 0 Å². The Morgan fingerprint density at radius 3 is 2.75 bits per heavy atom. The number of amides is 1. The van der Waals surface area contributed by atoms with Crippen LogP contribution < -0.4 is 10.6 Å². The van der Waals surface area contributed by atoms with Gasteiger partial charge in [0, 0.05) is 32.2 Å². The van der Waals surface area contributed by atoms with Gasteiger partial charge in [0.1, 0.15) is 0 Å². The molecular weight excluding hydrogens is 206 g/mol. The van der Waals surface area contributed by atoms with Gasteiger partial charge in [-0.15, -0.1) is 0 Å². The van der Waals surface area contributed by atoms with Crippen LogP contribution in [0.5, 0.6) is 0 Å². The Morgan fingerprint density at radius 1 is 1.44 bits per heavy atom. The van der Waals surface area contributed by atoms with Crippen molar-refractivity contribution in [1.29, 1.82) is 0 Å². The molecule has 1 atom stereocenters. The molecule has 0 radical (unpaired) electrons. The average Bonchev–Trinajstić information content (AvgIpc) is 2.28. The van der Waals surface area contributed by atoms with Gasteiger partial charge in [0.2, 0.25) is 5.91 Å². The number of carbonyl (C=O) groups is 1. The van der Waals surface area contributed by atoms with Crippen molar-refractivity contribution in [3.8, 4) is 0 Å². The molecule has 1 aliphatic rings. The Bertz CT molecular complexity index is 205. The molecule has 1 amide bonds. The monoisotopic (exact) mass is 229 g/mol. The zero-order valence-electron chi connectivity index (χ0n) is 10.3. The molecule has 0 aromatic carbocycles. The van der Waals surface area contributed by atoms with Gasteiger partial charge in [-0.05, 0) is 13.8 Å². The van der Waals surface area contributed by atoms with Gasteiger partial charge in [-0.3, -0.25) is 9.69 Å². The second-order valence-electron chi connectivity index (χ2n) is 4.15. The predicted octanol–water partition coefficient (Wildman–Crippen LogP) is -0.567. The average molecular weight is 229 g/mol. The Hall–Kier alpha value is -0.650. The molecule has 16 heavy (non-hydrogen) atoms. The normalized spacial score (nSPS) is 19.4. The molecule has 1 fully saturated rings. The molecule has 5 nitrogen and oxygen atoms in total. The lowest BCUT2D eigenvalue weighted by Gasteiger charge is -2.29. The molecule has 1 unspecified atom stereocenters. The molecule has 1 heterocycles. The summed E-state index contributed by atoms with van der Waals surface area (Å²) in [6, 6.07) is 0.334. The molecule has 0 saturated carbocycles. The number of morpholine rings is 1. The summed E-state index contributed by atoms with van der Waals surface area (Å²) in [6.07, 6.45) is 0. The third-order valence-electron chi connectivity index (χ3n) is 2.62. The Labute approximate surface area is 97.5 Å². The van der Waals surface area contributed by atoms with Crippen molar-refractivity contribution in [1.82, 2.24) is 15.5 Å². The molecule has 0 bridgehead atoms. The van der Waals surface area contributed by atoms with E-state index in [4.69, 9.17) is 4.74 Å². The highest BCUT2D eigenvalue weighted by molar-refractivity contribution is 5.77. The van der Waals surface area contributed by atoms with Crippen LogP contribution in [0.2, 0.25) is 0 Å². The second-order valence-corrected chi connectivity index (χ2v) is 4.15. The van der Waals surface area contributed by atoms with Gasteiger partial charge in [-0.1, -0.05) is 0 Å². The number of rotatable bonds is 6. The maximum Gasteiger partial charge on any atom is 0.233 e. The van der Waals surface area contributed by atoms with Crippen molar-refractivity contribution in [3.05, 3.63) is 0 Å². The fourth-order valence-corrected chi connectivity index (χ4v) is 1.76. The smallest absolute Gasteiger partial charge is 0.233 e. The van der Waals surface area contributed by atoms with Gasteiger partial charge < -0.3 is 15.4 Å². The van der Waals surface area contributed by atoms with Crippen LogP contribution in [0.15, 0.2) is 0 Å². The van der Waals surface area contributed by atoms with E-state index in [-0.39, 0.29) is 5.91 Å². The van der Waals surface area contributed by atoms with Crippen molar-refractivity contribution in [2.75, 3.05) is 45.9 Å². The van der Waals surface area contributed by atoms with E-state index in [0.29, 0.717) is 19.1 Å². The molecule has 0 aliphatic carbocycles. The van der Waals surface area contributed by atoms with Crippen molar-refractivity contribution in [3.63, 3.8) is 0 Å². The van der Waals surface area contributed by atoms with Crippen LogP contribution in [0.25, 0.3) is 0 Å². The molecule has 2 N–H and O–H groups in total. The van der Waals surface area contributed by atoms with Crippen LogP contribution in [0.1, 0.15) is 13.8 Å². The van der Waals surface area contributed by atoms with Crippen molar-refractivity contribution < 1.29 is 9.53 Å². The first-order valence-electron chi connectivity index (χ1n) is 6.02. The number of ether oxygens (including phenoxy) is 1. The highest BCUT2D eigenvalue weighted by atomic mass is 16.5. The van der Waals surface area contributed by atoms with Crippen LogP contribution >= 0.6 is 0 Å². The maximum atomic E-state index is 11.2. The Balaban J connectivity index is 2.09. The van der Waals surface area contributed by atoms with Crippen LogP contribution in [-0.2, 0) is 9.53 Å². The SMILES string of the molecule is CCNC(=O)CNC(C)CN1CCOCC1. The first-order valence-corrected chi connectivity index (χ1v) is 6.02. The van der Waals surface area contributed by atoms with Crippen LogP contribution in [0.4, 0.5) is 0 Å². The zero-order chi connectivity index (χ0) is 11.8. The van der Waals surface area contributed by atoms with E-state index in [9.17, 15) is 4.79 Å². The van der Waals surface area contributed by atoms with Gasteiger partial charge in [0.25, 0.3) is 0 Å². The van der Waals surface area contributed by atoms with Crippen LogP contribution in [0.3, 0.4) is 0 Å². The topological polar surface area (TPSA) is 53.6 Å². The van der Waals surface area contributed by atoms with Crippen molar-refractivity contribution in [2.24, 2.45) is 0 Å². The van der Waals surface area contributed by atoms with Crippen LogP contribution in [0, 0.1) is 0 Å². The summed E-state index contributed by atoms with van der Waals surface area (Å²) in [6.45, 7) is 9.73. The first-order chi connectivity index (χ1) is 7.72. The van der Waals surface area contributed by atoms with Gasteiger partial charge >= 0.3 is 0 Å². The number of hydrogen-bond acceptors (Lipinski definition) is 4. The quantitative estimate of drug-likeness (QED) is 0.640. The summed E-state index contributed by atoms with van der Waals surface area (Å²) in [4.78, 5) is 13.6. The highest BCUT2D eigenvalue weighted by Crippen LogP contribution is 1.97. The standard InChI is InChI=1S/C11H23N3O2/c1-3-12-11(15)8-13-10(2)9-14-4-6-16-7-5-14/h10,13H,3-9H2,1-2H3,(H,12,15). The molecule has 0 spiro atoms. The Kier molecular flexibility index (Phi) is 6.37. The molecule has 0 aromatic rings. The van der Waals surface area contributed by atoms with E-state index in [1.54, 1.807) is 0 Å². The Morgan fingerprint density at radius 2 is 2.12 bits per heavy atom. The zero-order valence-corrected chi connectivity index (χ0v) is 10.3. The minimum atomic E-state index is 0.0660. The first kappa shape index (κ1) is 13.4. The predicted molar refractivity (Wildman–Crippen MR) is 63.4 cm³/mol. The van der Waals surface area contributed by atoms with E-state index < -0.39 is 0 Å². The van der Waals surface area contributed by atoms with Gasteiger partial charge in [0.15, 0.2) is 0 Å². The van der Waals surface area contributed by atoms with Crippen LogP contribution in [-0.4, -0.2) is 62.8 Å². The third-order valence-corrected chi connectivity index (χ3v) is 2.62. The lowest BCUT2D eigenvalue weighted by molar-refractivity contribution is -0.120. The molecule has 1 saturated heterocycles. The summed E-state index contributed by atoms with van der Waals surface area (Å²) < 4.78 is 5.29. The molecule has 1 rings (SSSR count). The molecule has 1 aliphatic heterocycles. The molecule has 0 aromatic heterocycles. The lowest BCUT2D eigenvalue weighted by atomic mass is 10.3. The number of hydrogen-bond donors (Lipinski definition) is 2. The molecular formula is C11H23N3O2.